The van der Waals surface area contributed by atoms with Crippen molar-refractivity contribution in [2.24, 2.45) is 0 Å². The third kappa shape index (κ3) is 5.34. The summed E-state index contributed by atoms with van der Waals surface area (Å²) in [5.41, 5.74) is 1.32. The lowest BCUT2D eigenvalue weighted by molar-refractivity contribution is 0.309. The molecule has 0 heterocycles. The Morgan fingerprint density at radius 1 is 1.08 bits per heavy atom. The molecule has 0 aromatic heterocycles. The molecule has 2 aromatic rings. The Morgan fingerprint density at radius 3 is 2.28 bits per heavy atom. The van der Waals surface area contributed by atoms with Crippen LogP contribution in [0.5, 0.6) is 5.75 Å². The maximum atomic E-state index is 13.0. The van der Waals surface area contributed by atoms with Crippen LogP contribution in [0.3, 0.4) is 0 Å². The highest BCUT2D eigenvalue weighted by Gasteiger charge is 2.24. The molecule has 1 N–H and O–H groups in total. The Balaban J connectivity index is 2.46. The number of nitrogens with one attached hydrogen (secondary N) is 1. The van der Waals surface area contributed by atoms with E-state index in [1.165, 1.54) is 0 Å². The number of ether oxygens (including phenoxy) is 1. The van der Waals surface area contributed by atoms with Gasteiger partial charge in [-0.15, -0.1) is 0 Å². The zero-order valence-electron chi connectivity index (χ0n) is 15.0. The van der Waals surface area contributed by atoms with Crippen LogP contribution >= 0.6 is 22.6 Å². The lowest BCUT2D eigenvalue weighted by atomic mass is 9.87. The smallest absolute Gasteiger partial charge is 0.265 e. The van der Waals surface area contributed by atoms with Crippen molar-refractivity contribution in [1.29, 1.82) is 0 Å². The van der Waals surface area contributed by atoms with Gasteiger partial charge in [-0.1, -0.05) is 33.8 Å². The third-order valence-electron chi connectivity index (χ3n) is 3.66. The van der Waals surface area contributed by atoms with E-state index in [1.54, 1.807) is 24.3 Å². The molecule has 0 amide bonds. The largest absolute Gasteiger partial charge is 0.492 e. The first kappa shape index (κ1) is 20.0. The molecule has 0 bridgehead atoms. The van der Waals surface area contributed by atoms with E-state index in [-0.39, 0.29) is 10.3 Å². The van der Waals surface area contributed by atoms with Gasteiger partial charge >= 0.3 is 0 Å². The molecule has 0 atom stereocenters. The summed E-state index contributed by atoms with van der Waals surface area (Å²) < 4.78 is 35.3. The highest BCUT2D eigenvalue weighted by molar-refractivity contribution is 14.1. The van der Waals surface area contributed by atoms with E-state index in [4.69, 9.17) is 4.74 Å². The van der Waals surface area contributed by atoms with Gasteiger partial charge in [-0.2, -0.15) is 0 Å². The number of anilines is 1. The van der Waals surface area contributed by atoms with Crippen molar-refractivity contribution in [2.75, 3.05) is 11.3 Å². The zero-order valence-corrected chi connectivity index (χ0v) is 17.9. The number of sulfonamides is 1. The Kier molecular flexibility index (Phi) is 6.37. The van der Waals surface area contributed by atoms with Crippen LogP contribution in [0.25, 0.3) is 0 Å². The summed E-state index contributed by atoms with van der Waals surface area (Å²) >= 11 is 2.18. The Morgan fingerprint density at radius 2 is 1.72 bits per heavy atom. The lowest BCUT2D eigenvalue weighted by Crippen LogP contribution is -2.17. The van der Waals surface area contributed by atoms with E-state index < -0.39 is 10.0 Å². The number of hydrogen-bond donors (Lipinski definition) is 1. The summed E-state index contributed by atoms with van der Waals surface area (Å²) in [6.45, 7) is 8.62. The lowest BCUT2D eigenvalue weighted by Gasteiger charge is -2.21. The van der Waals surface area contributed by atoms with Gasteiger partial charge in [0, 0.05) is 9.26 Å². The third-order valence-corrected chi connectivity index (χ3v) is 5.78. The van der Waals surface area contributed by atoms with Crippen LogP contribution in [0.1, 0.15) is 39.7 Å². The summed E-state index contributed by atoms with van der Waals surface area (Å²) in [6, 6.07) is 12.6. The predicted octanol–water partition coefficient (Wildman–Crippen LogP) is 5.18. The van der Waals surface area contributed by atoms with Crippen LogP contribution in [-0.4, -0.2) is 15.0 Å². The van der Waals surface area contributed by atoms with Crippen LogP contribution in [-0.2, 0) is 15.4 Å². The Hall–Kier alpha value is -1.28. The number of hydrogen-bond acceptors (Lipinski definition) is 3. The van der Waals surface area contributed by atoms with E-state index in [0.29, 0.717) is 18.0 Å². The minimum Gasteiger partial charge on any atom is -0.492 e. The summed E-state index contributed by atoms with van der Waals surface area (Å²) in [6.07, 6.45) is 0.811. The van der Waals surface area contributed by atoms with Crippen LogP contribution in [0.4, 0.5) is 5.69 Å². The minimum absolute atomic E-state index is 0.156. The molecule has 0 saturated carbocycles. The van der Waals surface area contributed by atoms with Crippen molar-refractivity contribution in [2.45, 2.75) is 44.4 Å². The molecule has 2 rings (SSSR count). The summed E-state index contributed by atoms with van der Waals surface area (Å²) in [5.74, 6) is 0.382. The second-order valence-corrected chi connectivity index (χ2v) is 9.77. The maximum Gasteiger partial charge on any atom is 0.265 e. The fourth-order valence-electron chi connectivity index (χ4n) is 2.24. The first-order valence-electron chi connectivity index (χ1n) is 8.19. The van der Waals surface area contributed by atoms with Crippen molar-refractivity contribution < 1.29 is 13.2 Å². The summed E-state index contributed by atoms with van der Waals surface area (Å²) in [5, 5.41) is 0. The van der Waals surface area contributed by atoms with E-state index in [9.17, 15) is 8.42 Å². The Bertz CT molecular complexity index is 825. The summed E-state index contributed by atoms with van der Waals surface area (Å²) in [4.78, 5) is 0.173. The molecule has 0 unspecified atom stereocenters. The number of halogens is 1. The molecule has 6 heteroatoms. The molecule has 0 aliphatic carbocycles. The van der Waals surface area contributed by atoms with Crippen molar-refractivity contribution in [3.05, 3.63) is 51.6 Å². The molecule has 0 radical (unpaired) electrons. The monoisotopic (exact) mass is 473 g/mol. The SMILES string of the molecule is CCCOc1ccc(C(C)(C)C)cc1S(=O)(=O)Nc1ccc(I)cc1. The zero-order chi connectivity index (χ0) is 18.7. The van der Waals surface area contributed by atoms with Gasteiger partial charge in [-0.25, -0.2) is 8.42 Å². The van der Waals surface area contributed by atoms with Gasteiger partial charge in [-0.3, -0.25) is 4.72 Å². The first-order valence-corrected chi connectivity index (χ1v) is 10.8. The molecule has 2 aromatic carbocycles. The normalized spacial score (nSPS) is 12.0. The van der Waals surface area contributed by atoms with Crippen LogP contribution < -0.4 is 9.46 Å². The molecule has 25 heavy (non-hydrogen) atoms. The second kappa shape index (κ2) is 7.95. The van der Waals surface area contributed by atoms with E-state index in [0.717, 1.165) is 15.6 Å². The molecule has 0 fully saturated rings. The van der Waals surface area contributed by atoms with Crippen molar-refractivity contribution >= 4 is 38.3 Å². The average molecular weight is 473 g/mol. The van der Waals surface area contributed by atoms with E-state index >= 15 is 0 Å². The second-order valence-electron chi connectivity index (χ2n) is 6.87. The minimum atomic E-state index is -3.75. The number of rotatable bonds is 6. The summed E-state index contributed by atoms with van der Waals surface area (Å²) in [7, 11) is -3.75. The topological polar surface area (TPSA) is 55.4 Å². The van der Waals surface area contributed by atoms with Gasteiger partial charge in [-0.05, 0) is 76.4 Å². The maximum absolute atomic E-state index is 13.0. The Labute approximate surface area is 164 Å². The standard InChI is InChI=1S/C19H24INO3S/c1-5-12-24-17-11-6-14(19(2,3)4)13-18(17)25(22,23)21-16-9-7-15(20)8-10-16/h6-11,13,21H,5,12H2,1-4H3. The number of benzene rings is 2. The highest BCUT2D eigenvalue weighted by atomic mass is 127. The molecular weight excluding hydrogens is 449 g/mol. The van der Waals surface area contributed by atoms with E-state index in [1.807, 2.05) is 25.1 Å². The molecule has 0 aliphatic rings. The molecule has 4 nitrogen and oxygen atoms in total. The van der Waals surface area contributed by atoms with Gasteiger partial charge in [0.1, 0.15) is 10.6 Å². The van der Waals surface area contributed by atoms with Crippen LogP contribution in [0, 0.1) is 3.57 Å². The molecular formula is C19H24INO3S. The first-order chi connectivity index (χ1) is 11.6. The quantitative estimate of drug-likeness (QED) is 0.589. The van der Waals surface area contributed by atoms with Gasteiger partial charge < -0.3 is 4.74 Å². The predicted molar refractivity (Wildman–Crippen MR) is 111 cm³/mol. The van der Waals surface area contributed by atoms with Crippen molar-refractivity contribution in [3.8, 4) is 5.75 Å². The fraction of sp³-hybridized carbons (Fsp3) is 0.368. The molecule has 136 valence electrons. The van der Waals surface area contributed by atoms with Crippen LogP contribution in [0.2, 0.25) is 0 Å². The van der Waals surface area contributed by atoms with E-state index in [2.05, 4.69) is 48.1 Å². The molecule has 0 aliphatic heterocycles. The van der Waals surface area contributed by atoms with Crippen LogP contribution in [0.15, 0.2) is 47.4 Å². The van der Waals surface area contributed by atoms with Gasteiger partial charge in [0.05, 0.1) is 6.61 Å². The van der Waals surface area contributed by atoms with Crippen molar-refractivity contribution in [1.82, 2.24) is 0 Å². The van der Waals surface area contributed by atoms with Gasteiger partial charge in [0.2, 0.25) is 0 Å². The van der Waals surface area contributed by atoms with Gasteiger partial charge in [0.25, 0.3) is 10.0 Å². The highest BCUT2D eigenvalue weighted by Crippen LogP contribution is 2.32. The van der Waals surface area contributed by atoms with Gasteiger partial charge in [0.15, 0.2) is 0 Å². The molecule has 0 spiro atoms. The average Bonchev–Trinajstić information content (AvgIpc) is 2.54. The van der Waals surface area contributed by atoms with Crippen molar-refractivity contribution in [3.63, 3.8) is 0 Å². The fourth-order valence-corrected chi connectivity index (χ4v) is 3.83. The molecule has 0 saturated heterocycles.